The molecule has 164 valence electrons. The Hall–Kier alpha value is -3.81. The van der Waals surface area contributed by atoms with Crippen molar-refractivity contribution in [1.29, 1.82) is 0 Å². The zero-order valence-electron chi connectivity index (χ0n) is 17.7. The molecule has 0 radical (unpaired) electrons. The number of carbonyl (C=O) groups excluding carboxylic acids is 3. The van der Waals surface area contributed by atoms with Gasteiger partial charge in [0.15, 0.2) is 24.7 Å². The van der Waals surface area contributed by atoms with Crippen LogP contribution in [0.3, 0.4) is 0 Å². The van der Waals surface area contributed by atoms with Crippen LogP contribution in [0.1, 0.15) is 18.1 Å². The first-order valence-electron chi connectivity index (χ1n) is 9.59. The average molecular weight is 427 g/mol. The lowest BCUT2D eigenvalue weighted by Crippen LogP contribution is -2.23. The number of benzene rings is 2. The van der Waals surface area contributed by atoms with E-state index in [1.807, 2.05) is 13.0 Å². The van der Waals surface area contributed by atoms with Crippen LogP contribution in [0.15, 0.2) is 48.5 Å². The first-order valence-corrected chi connectivity index (χ1v) is 9.59. The van der Waals surface area contributed by atoms with Gasteiger partial charge < -0.3 is 24.3 Å². The largest absolute Gasteiger partial charge is 0.493 e. The van der Waals surface area contributed by atoms with Crippen molar-refractivity contribution in [3.63, 3.8) is 0 Å². The Morgan fingerprint density at radius 1 is 0.968 bits per heavy atom. The van der Waals surface area contributed by atoms with E-state index in [4.69, 9.17) is 18.9 Å². The first-order chi connectivity index (χ1) is 14.9. The third-order valence-corrected chi connectivity index (χ3v) is 3.92. The molecule has 0 atom stereocenters. The number of anilines is 1. The fraction of sp³-hybridized carbons (Fsp3) is 0.261. The number of ether oxygens (including phenoxy) is 4. The molecule has 31 heavy (non-hydrogen) atoms. The summed E-state index contributed by atoms with van der Waals surface area (Å²) in [6.07, 6.45) is 2.93. The predicted molar refractivity (Wildman–Crippen MR) is 115 cm³/mol. The number of hydrogen-bond acceptors (Lipinski definition) is 7. The molecule has 8 heteroatoms. The van der Waals surface area contributed by atoms with Crippen molar-refractivity contribution in [2.24, 2.45) is 0 Å². The molecule has 0 aliphatic rings. The lowest BCUT2D eigenvalue weighted by Gasteiger charge is -2.11. The third kappa shape index (κ3) is 8.22. The minimum Gasteiger partial charge on any atom is -0.493 e. The van der Waals surface area contributed by atoms with Crippen molar-refractivity contribution in [3.8, 4) is 11.5 Å². The first kappa shape index (κ1) is 23.5. The van der Waals surface area contributed by atoms with E-state index in [-0.39, 0.29) is 6.61 Å². The molecular formula is C23H25NO7. The summed E-state index contributed by atoms with van der Waals surface area (Å²) in [6.45, 7) is 3.15. The SMILES string of the molecule is CCOC(=O)/C=C/c1ccc(NC(=O)COC(=O)COc2ccc(C)cc2OC)cc1. The van der Waals surface area contributed by atoms with Gasteiger partial charge in [0.05, 0.1) is 13.7 Å². The molecule has 0 saturated carbocycles. The normalized spacial score (nSPS) is 10.4. The lowest BCUT2D eigenvalue weighted by atomic mass is 10.2. The number of nitrogens with one attached hydrogen (secondary N) is 1. The Morgan fingerprint density at radius 3 is 2.39 bits per heavy atom. The van der Waals surface area contributed by atoms with E-state index in [0.717, 1.165) is 11.1 Å². The number of amides is 1. The van der Waals surface area contributed by atoms with Gasteiger partial charge in [-0.25, -0.2) is 9.59 Å². The molecule has 2 rings (SSSR count). The van der Waals surface area contributed by atoms with Crippen LogP contribution < -0.4 is 14.8 Å². The fourth-order valence-electron chi connectivity index (χ4n) is 2.45. The number of aryl methyl sites for hydroxylation is 1. The second kappa shape index (κ2) is 12.0. The van der Waals surface area contributed by atoms with E-state index >= 15 is 0 Å². The molecule has 0 spiro atoms. The Labute approximate surface area is 180 Å². The smallest absolute Gasteiger partial charge is 0.344 e. The summed E-state index contributed by atoms with van der Waals surface area (Å²) in [7, 11) is 1.51. The van der Waals surface area contributed by atoms with Crippen LogP contribution >= 0.6 is 0 Å². The maximum absolute atomic E-state index is 12.0. The second-order valence-electron chi connectivity index (χ2n) is 6.36. The molecule has 2 aromatic carbocycles. The van der Waals surface area contributed by atoms with Gasteiger partial charge in [-0.3, -0.25) is 4.79 Å². The van der Waals surface area contributed by atoms with E-state index < -0.39 is 24.5 Å². The van der Waals surface area contributed by atoms with Crippen LogP contribution in [0.25, 0.3) is 6.08 Å². The van der Waals surface area contributed by atoms with E-state index in [9.17, 15) is 14.4 Å². The number of hydrogen-bond donors (Lipinski definition) is 1. The predicted octanol–water partition coefficient (Wildman–Crippen LogP) is 3.14. The Balaban J connectivity index is 1.76. The van der Waals surface area contributed by atoms with Gasteiger partial charge in [-0.15, -0.1) is 0 Å². The number of carbonyl (C=O) groups is 3. The summed E-state index contributed by atoms with van der Waals surface area (Å²) >= 11 is 0. The highest BCUT2D eigenvalue weighted by molar-refractivity contribution is 5.93. The van der Waals surface area contributed by atoms with Crippen molar-refractivity contribution < 1.29 is 33.3 Å². The maximum atomic E-state index is 12.0. The summed E-state index contributed by atoms with van der Waals surface area (Å²) in [5.41, 5.74) is 2.28. The standard InChI is InChI=1S/C23H25NO7/c1-4-29-22(26)12-8-17-6-9-18(10-7-17)24-21(25)14-31-23(27)15-30-19-11-5-16(2)13-20(19)28-3/h5-13H,4,14-15H2,1-3H3,(H,24,25)/b12-8+. The van der Waals surface area contributed by atoms with Gasteiger partial charge in [-0.1, -0.05) is 18.2 Å². The minimum absolute atomic E-state index is 0.311. The molecule has 0 aromatic heterocycles. The van der Waals surface area contributed by atoms with Gasteiger partial charge >= 0.3 is 11.9 Å². The second-order valence-corrected chi connectivity index (χ2v) is 6.36. The number of methoxy groups -OCH3 is 1. The highest BCUT2D eigenvalue weighted by Crippen LogP contribution is 2.27. The molecule has 8 nitrogen and oxygen atoms in total. The van der Waals surface area contributed by atoms with Crippen molar-refractivity contribution in [1.82, 2.24) is 0 Å². The molecule has 0 saturated heterocycles. The zero-order valence-corrected chi connectivity index (χ0v) is 17.7. The van der Waals surface area contributed by atoms with Gasteiger partial charge in [-0.2, -0.15) is 0 Å². The summed E-state index contributed by atoms with van der Waals surface area (Å²) < 4.78 is 20.3. The number of rotatable bonds is 10. The Morgan fingerprint density at radius 2 is 1.71 bits per heavy atom. The van der Waals surface area contributed by atoms with Gasteiger partial charge in [0.1, 0.15) is 0 Å². The van der Waals surface area contributed by atoms with Crippen molar-refractivity contribution in [3.05, 3.63) is 59.7 Å². The molecule has 1 N–H and O–H groups in total. The zero-order chi connectivity index (χ0) is 22.6. The minimum atomic E-state index is -0.683. The van der Waals surface area contributed by atoms with Crippen LogP contribution in [0.2, 0.25) is 0 Å². The highest BCUT2D eigenvalue weighted by atomic mass is 16.6. The van der Waals surface area contributed by atoms with E-state index in [1.165, 1.54) is 13.2 Å². The number of esters is 2. The van der Waals surface area contributed by atoms with E-state index in [1.54, 1.807) is 49.4 Å². The molecule has 0 heterocycles. The van der Waals surface area contributed by atoms with Gasteiger partial charge in [0, 0.05) is 11.8 Å². The highest BCUT2D eigenvalue weighted by Gasteiger charge is 2.11. The Bertz CT molecular complexity index is 935. The Kier molecular flexibility index (Phi) is 9.10. The van der Waals surface area contributed by atoms with Crippen LogP contribution in [0.5, 0.6) is 11.5 Å². The summed E-state index contributed by atoms with van der Waals surface area (Å²) in [6, 6.07) is 12.1. The summed E-state index contributed by atoms with van der Waals surface area (Å²) in [5, 5.41) is 2.62. The van der Waals surface area contributed by atoms with Crippen LogP contribution in [-0.2, 0) is 23.9 Å². The quantitative estimate of drug-likeness (QED) is 0.459. The molecule has 0 unspecified atom stereocenters. The van der Waals surface area contributed by atoms with Crippen molar-refractivity contribution in [2.75, 3.05) is 32.2 Å². The summed E-state index contributed by atoms with van der Waals surface area (Å²) in [5.74, 6) is -0.683. The monoisotopic (exact) mass is 427 g/mol. The molecule has 1 amide bonds. The topological polar surface area (TPSA) is 100 Å². The molecule has 2 aromatic rings. The molecule has 0 aliphatic carbocycles. The van der Waals surface area contributed by atoms with Crippen molar-refractivity contribution >= 4 is 29.6 Å². The van der Waals surface area contributed by atoms with Gasteiger partial charge in [-0.05, 0) is 55.3 Å². The van der Waals surface area contributed by atoms with Crippen LogP contribution in [0, 0.1) is 6.92 Å². The van der Waals surface area contributed by atoms with Crippen LogP contribution in [-0.4, -0.2) is 44.8 Å². The van der Waals surface area contributed by atoms with Crippen molar-refractivity contribution in [2.45, 2.75) is 13.8 Å². The van der Waals surface area contributed by atoms with Gasteiger partial charge in [0.2, 0.25) is 0 Å². The lowest BCUT2D eigenvalue weighted by molar-refractivity contribution is -0.149. The fourth-order valence-corrected chi connectivity index (χ4v) is 2.45. The maximum Gasteiger partial charge on any atom is 0.344 e. The molecule has 0 bridgehead atoms. The summed E-state index contributed by atoms with van der Waals surface area (Å²) in [4.78, 5) is 35.1. The molecule has 0 fully saturated rings. The van der Waals surface area contributed by atoms with E-state index in [2.05, 4.69) is 5.32 Å². The van der Waals surface area contributed by atoms with Gasteiger partial charge in [0.25, 0.3) is 5.91 Å². The molecular weight excluding hydrogens is 402 g/mol. The third-order valence-electron chi connectivity index (χ3n) is 3.92. The molecule has 0 aliphatic heterocycles. The average Bonchev–Trinajstić information content (AvgIpc) is 2.76. The van der Waals surface area contributed by atoms with E-state index in [0.29, 0.717) is 23.8 Å². The van der Waals surface area contributed by atoms with Crippen LogP contribution in [0.4, 0.5) is 5.69 Å².